The Morgan fingerprint density at radius 2 is 2.18 bits per heavy atom. The molecular weight excluding hydrogens is 366 g/mol. The number of rotatable bonds is 3. The molecular formula is C7H8I2N2. The standard InChI is InChI=1S/C7H8I2N2/c8-7-3-1-2-6(4-7)5-10-11-9/h1-4,10-11H,5H2. The average Bonchev–Trinajstić information content (AvgIpc) is 2.01. The zero-order chi connectivity index (χ0) is 8.10. The summed E-state index contributed by atoms with van der Waals surface area (Å²) >= 11 is 4.37. The highest BCUT2D eigenvalue weighted by atomic mass is 127. The van der Waals surface area contributed by atoms with Gasteiger partial charge in [-0.15, -0.1) is 0 Å². The largest absolute Gasteiger partial charge is 0.244 e. The molecule has 2 nitrogen and oxygen atoms in total. The molecule has 0 aliphatic heterocycles. The van der Waals surface area contributed by atoms with Crippen molar-refractivity contribution in [3.05, 3.63) is 33.4 Å². The maximum absolute atomic E-state index is 3.03. The highest BCUT2D eigenvalue weighted by Crippen LogP contribution is 2.06. The molecule has 0 unspecified atom stereocenters. The van der Waals surface area contributed by atoms with Crippen molar-refractivity contribution < 1.29 is 0 Å². The van der Waals surface area contributed by atoms with E-state index in [1.165, 1.54) is 9.13 Å². The summed E-state index contributed by atoms with van der Waals surface area (Å²) in [5, 5.41) is 0. The van der Waals surface area contributed by atoms with Gasteiger partial charge in [-0.2, -0.15) is 3.64 Å². The van der Waals surface area contributed by atoms with E-state index in [1.807, 2.05) is 0 Å². The molecule has 0 bridgehead atoms. The second-order valence-electron chi connectivity index (χ2n) is 2.08. The summed E-state index contributed by atoms with van der Waals surface area (Å²) in [5.41, 5.74) is 4.32. The minimum atomic E-state index is 0.861. The lowest BCUT2D eigenvalue weighted by Crippen LogP contribution is -2.21. The molecule has 0 saturated carbocycles. The first-order valence-corrected chi connectivity index (χ1v) is 5.31. The Hall–Kier alpha value is 0.600. The zero-order valence-corrected chi connectivity index (χ0v) is 10.1. The molecule has 0 fully saturated rings. The molecule has 0 aliphatic rings. The van der Waals surface area contributed by atoms with Crippen LogP contribution in [0, 0.1) is 3.57 Å². The highest BCUT2D eigenvalue weighted by molar-refractivity contribution is 14.1. The molecule has 60 valence electrons. The highest BCUT2D eigenvalue weighted by Gasteiger charge is 1.90. The van der Waals surface area contributed by atoms with E-state index in [0.717, 1.165) is 6.54 Å². The Labute approximate surface area is 93.7 Å². The van der Waals surface area contributed by atoms with Gasteiger partial charge in [-0.05, 0) is 40.3 Å². The van der Waals surface area contributed by atoms with Gasteiger partial charge >= 0.3 is 0 Å². The maximum Gasteiger partial charge on any atom is 0.0359 e. The van der Waals surface area contributed by atoms with E-state index in [2.05, 4.69) is 78.8 Å². The van der Waals surface area contributed by atoms with Gasteiger partial charge in [0.2, 0.25) is 0 Å². The summed E-state index contributed by atoms with van der Waals surface area (Å²) in [6.45, 7) is 0.861. The number of halogens is 2. The molecule has 1 aromatic rings. The van der Waals surface area contributed by atoms with Crippen molar-refractivity contribution in [2.24, 2.45) is 0 Å². The summed E-state index contributed by atoms with van der Waals surface area (Å²) in [4.78, 5) is 0. The predicted molar refractivity (Wildman–Crippen MR) is 63.2 cm³/mol. The van der Waals surface area contributed by atoms with Crippen LogP contribution >= 0.6 is 45.5 Å². The van der Waals surface area contributed by atoms with E-state index in [1.54, 1.807) is 0 Å². The van der Waals surface area contributed by atoms with Gasteiger partial charge in [-0.1, -0.05) is 12.1 Å². The fraction of sp³-hybridized carbons (Fsp3) is 0.143. The minimum Gasteiger partial charge on any atom is -0.244 e. The number of hydrogen-bond acceptors (Lipinski definition) is 2. The monoisotopic (exact) mass is 374 g/mol. The molecule has 0 aromatic heterocycles. The smallest absolute Gasteiger partial charge is 0.0359 e. The SMILES string of the molecule is INNCc1cccc(I)c1. The minimum absolute atomic E-state index is 0.861. The van der Waals surface area contributed by atoms with E-state index < -0.39 is 0 Å². The third kappa shape index (κ3) is 3.68. The molecule has 4 heteroatoms. The van der Waals surface area contributed by atoms with Gasteiger partial charge in [0, 0.05) is 33.0 Å². The van der Waals surface area contributed by atoms with Crippen molar-refractivity contribution in [1.82, 2.24) is 9.06 Å². The number of benzene rings is 1. The lowest BCUT2D eigenvalue weighted by molar-refractivity contribution is 0.706. The van der Waals surface area contributed by atoms with Crippen LogP contribution in [-0.4, -0.2) is 0 Å². The van der Waals surface area contributed by atoms with Gasteiger partial charge < -0.3 is 0 Å². The van der Waals surface area contributed by atoms with Crippen LogP contribution < -0.4 is 9.06 Å². The molecule has 0 atom stereocenters. The molecule has 0 spiro atoms. The van der Waals surface area contributed by atoms with Crippen molar-refractivity contribution >= 4 is 45.5 Å². The first kappa shape index (κ1) is 9.69. The van der Waals surface area contributed by atoms with Crippen LogP contribution in [0.15, 0.2) is 24.3 Å². The molecule has 0 radical (unpaired) electrons. The molecule has 11 heavy (non-hydrogen) atoms. The maximum atomic E-state index is 3.03. The Balaban J connectivity index is 2.56. The second-order valence-corrected chi connectivity index (χ2v) is 3.86. The number of nitrogens with one attached hydrogen (secondary N) is 2. The third-order valence-electron chi connectivity index (χ3n) is 1.25. The van der Waals surface area contributed by atoms with Gasteiger partial charge in [-0.3, -0.25) is 0 Å². The van der Waals surface area contributed by atoms with E-state index in [-0.39, 0.29) is 0 Å². The quantitative estimate of drug-likeness (QED) is 0.482. The average molecular weight is 374 g/mol. The fourth-order valence-corrected chi connectivity index (χ4v) is 1.58. The van der Waals surface area contributed by atoms with Crippen molar-refractivity contribution in [2.45, 2.75) is 6.54 Å². The summed E-state index contributed by atoms with van der Waals surface area (Å²) in [5.74, 6) is 0. The van der Waals surface area contributed by atoms with Crippen molar-refractivity contribution in [3.63, 3.8) is 0 Å². The molecule has 0 saturated heterocycles. The van der Waals surface area contributed by atoms with Crippen molar-refractivity contribution in [1.29, 1.82) is 0 Å². The second kappa shape index (κ2) is 5.28. The molecule has 2 N–H and O–H groups in total. The predicted octanol–water partition coefficient (Wildman–Crippen LogP) is 2.24. The zero-order valence-electron chi connectivity index (χ0n) is 5.77. The van der Waals surface area contributed by atoms with Gasteiger partial charge in [0.05, 0.1) is 0 Å². The molecule has 1 aromatic carbocycles. The number of hydrazine groups is 1. The Kier molecular flexibility index (Phi) is 4.65. The molecule has 0 heterocycles. The summed E-state index contributed by atoms with van der Waals surface area (Å²) < 4.78 is 4.13. The van der Waals surface area contributed by atoms with Crippen LogP contribution in [0.5, 0.6) is 0 Å². The van der Waals surface area contributed by atoms with E-state index in [9.17, 15) is 0 Å². The van der Waals surface area contributed by atoms with E-state index >= 15 is 0 Å². The molecule has 1 rings (SSSR count). The van der Waals surface area contributed by atoms with Crippen LogP contribution in [0.4, 0.5) is 0 Å². The normalized spacial score (nSPS) is 10.0. The van der Waals surface area contributed by atoms with Crippen LogP contribution in [0.25, 0.3) is 0 Å². The fourth-order valence-electron chi connectivity index (χ4n) is 0.782. The van der Waals surface area contributed by atoms with Crippen LogP contribution in [0.2, 0.25) is 0 Å². The third-order valence-corrected chi connectivity index (χ3v) is 2.30. The molecule has 0 aliphatic carbocycles. The Bertz CT molecular complexity index is 227. The van der Waals surface area contributed by atoms with Crippen LogP contribution in [0.1, 0.15) is 5.56 Å². The lowest BCUT2D eigenvalue weighted by atomic mass is 10.2. The van der Waals surface area contributed by atoms with Gasteiger partial charge in [-0.25, -0.2) is 5.43 Å². The van der Waals surface area contributed by atoms with Crippen LogP contribution in [-0.2, 0) is 6.54 Å². The Morgan fingerprint density at radius 1 is 1.36 bits per heavy atom. The van der Waals surface area contributed by atoms with E-state index in [4.69, 9.17) is 0 Å². The van der Waals surface area contributed by atoms with Gasteiger partial charge in [0.15, 0.2) is 0 Å². The summed E-state index contributed by atoms with van der Waals surface area (Å²) in [6.07, 6.45) is 0. The van der Waals surface area contributed by atoms with Crippen molar-refractivity contribution in [3.8, 4) is 0 Å². The first-order chi connectivity index (χ1) is 5.33. The lowest BCUT2D eigenvalue weighted by Gasteiger charge is -2.01. The Morgan fingerprint density at radius 3 is 2.82 bits per heavy atom. The topological polar surface area (TPSA) is 24.1 Å². The van der Waals surface area contributed by atoms with Gasteiger partial charge in [0.1, 0.15) is 0 Å². The van der Waals surface area contributed by atoms with Gasteiger partial charge in [0.25, 0.3) is 0 Å². The first-order valence-electron chi connectivity index (χ1n) is 3.16. The number of hydrogen-bond donors (Lipinski definition) is 2. The molecule has 0 amide bonds. The van der Waals surface area contributed by atoms with Crippen LogP contribution in [0.3, 0.4) is 0 Å². The van der Waals surface area contributed by atoms with E-state index in [0.29, 0.717) is 0 Å². The van der Waals surface area contributed by atoms with Crippen molar-refractivity contribution in [2.75, 3.05) is 0 Å². The summed E-state index contributed by atoms with van der Waals surface area (Å²) in [7, 11) is 0. The summed E-state index contributed by atoms with van der Waals surface area (Å²) in [6, 6.07) is 8.40.